The van der Waals surface area contributed by atoms with E-state index in [9.17, 15) is 20.1 Å². The number of hydrogen-bond acceptors (Lipinski definition) is 8. The highest BCUT2D eigenvalue weighted by Crippen LogP contribution is 2.30. The molecule has 1 saturated heterocycles. The van der Waals surface area contributed by atoms with Crippen LogP contribution in [0.1, 0.15) is 13.2 Å². The normalized spacial score (nSPS) is 26.8. The lowest BCUT2D eigenvalue weighted by Crippen LogP contribution is -2.62. The highest BCUT2D eigenvalue weighted by Gasteiger charge is 2.46. The lowest BCUT2D eigenvalue weighted by atomic mass is 9.96. The smallest absolute Gasteiger partial charge is 0.217 e. The quantitative estimate of drug-likeness (QED) is 0.371. The molecule has 0 spiro atoms. The Balaban J connectivity index is 2.12. The maximum absolute atomic E-state index is 11.7. The van der Waals surface area contributed by atoms with Crippen molar-refractivity contribution in [2.75, 3.05) is 6.61 Å². The highest BCUT2D eigenvalue weighted by atomic mass is 32.1. The topological polar surface area (TPSA) is 135 Å². The Kier molecular flexibility index (Phi) is 6.55. The number of carbonyl (C=O) groups excluding carboxylic acids is 1. The number of amides is 1. The third-order valence-corrected chi connectivity index (χ3v) is 5.05. The van der Waals surface area contributed by atoms with Crippen LogP contribution in [-0.2, 0) is 16.1 Å². The molecule has 1 aliphatic rings. The minimum atomic E-state index is -1.40. The summed E-state index contributed by atoms with van der Waals surface area (Å²) >= 11 is 5.57. The molecule has 2 aromatic heterocycles. The third-order valence-electron chi connectivity index (χ3n) is 4.65. The highest BCUT2D eigenvalue weighted by molar-refractivity contribution is 7.71. The van der Waals surface area contributed by atoms with Crippen LogP contribution >= 0.6 is 12.2 Å². The van der Waals surface area contributed by atoms with Gasteiger partial charge in [0.2, 0.25) is 10.7 Å². The van der Waals surface area contributed by atoms with Crippen molar-refractivity contribution in [3.05, 3.63) is 42.0 Å². The second kappa shape index (κ2) is 8.93. The van der Waals surface area contributed by atoms with Gasteiger partial charge in [0.1, 0.15) is 24.4 Å². The monoisotopic (exact) mass is 421 g/mol. The Morgan fingerprint density at radius 2 is 2.07 bits per heavy atom. The zero-order valence-corrected chi connectivity index (χ0v) is 16.6. The molecule has 4 N–H and O–H groups in total. The van der Waals surface area contributed by atoms with E-state index in [4.69, 9.17) is 17.0 Å². The second-order valence-electron chi connectivity index (χ2n) is 6.64. The largest absolute Gasteiger partial charge is 0.394 e. The number of carbonyl (C=O) groups is 1. The summed E-state index contributed by atoms with van der Waals surface area (Å²) in [5.74, 6) is 0.0901. The average Bonchev–Trinajstić information content (AvgIpc) is 3.03. The molecule has 0 aromatic carbocycles. The second-order valence-corrected chi connectivity index (χ2v) is 7.01. The Morgan fingerprint density at radius 1 is 1.38 bits per heavy atom. The van der Waals surface area contributed by atoms with Gasteiger partial charge in [0.25, 0.3) is 0 Å². The van der Waals surface area contributed by atoms with Gasteiger partial charge in [0.15, 0.2) is 12.1 Å². The molecule has 0 radical (unpaired) electrons. The van der Waals surface area contributed by atoms with E-state index in [2.05, 4.69) is 22.0 Å². The van der Waals surface area contributed by atoms with E-state index < -0.39 is 43.1 Å². The number of nitrogens with zero attached hydrogens (tertiary/aromatic N) is 4. The van der Waals surface area contributed by atoms with Crippen molar-refractivity contribution in [3.63, 3.8) is 0 Å². The molecule has 0 saturated carbocycles. The van der Waals surface area contributed by atoms with E-state index in [-0.39, 0.29) is 4.77 Å². The first-order chi connectivity index (χ1) is 13.9. The van der Waals surface area contributed by atoms with Crippen molar-refractivity contribution >= 4 is 18.1 Å². The van der Waals surface area contributed by atoms with Gasteiger partial charge in [-0.25, -0.2) is 4.68 Å². The summed E-state index contributed by atoms with van der Waals surface area (Å²) in [6.45, 7) is 4.86. The Bertz CT molecular complexity index is 930. The van der Waals surface area contributed by atoms with Gasteiger partial charge in [-0.2, -0.15) is 0 Å². The molecule has 3 rings (SSSR count). The SMILES string of the molecule is C=CCn1c(-c2ccncc2)nn([C@H]2O[C@@H](CO)[C@H](O)[C@@H](O)[C@@H]2NC(C)=O)c1=S. The Hall–Kier alpha value is -2.44. The molecular weight excluding hydrogens is 398 g/mol. The zero-order chi connectivity index (χ0) is 21.1. The summed E-state index contributed by atoms with van der Waals surface area (Å²) in [5.41, 5.74) is 0.748. The minimum absolute atomic E-state index is 0.261. The van der Waals surface area contributed by atoms with Crippen molar-refractivity contribution in [3.8, 4) is 11.4 Å². The number of hydrogen-bond donors (Lipinski definition) is 4. The zero-order valence-electron chi connectivity index (χ0n) is 15.8. The average molecular weight is 421 g/mol. The number of pyridine rings is 1. The van der Waals surface area contributed by atoms with E-state index in [0.29, 0.717) is 12.4 Å². The van der Waals surface area contributed by atoms with Gasteiger partial charge in [-0.1, -0.05) is 6.08 Å². The van der Waals surface area contributed by atoms with E-state index in [1.807, 2.05) is 0 Å². The van der Waals surface area contributed by atoms with Gasteiger partial charge < -0.3 is 25.4 Å². The molecule has 11 heteroatoms. The van der Waals surface area contributed by atoms with E-state index >= 15 is 0 Å². The van der Waals surface area contributed by atoms with Crippen molar-refractivity contribution in [1.82, 2.24) is 24.6 Å². The van der Waals surface area contributed by atoms with E-state index in [1.54, 1.807) is 35.2 Å². The molecule has 29 heavy (non-hydrogen) atoms. The number of rotatable bonds is 6. The fourth-order valence-electron chi connectivity index (χ4n) is 3.28. The standard InChI is InChI=1S/C18H23N5O5S/c1-3-8-22-16(11-4-6-19-7-5-11)21-23(18(22)29)17-13(20-10(2)25)15(27)14(26)12(9-24)28-17/h3-7,12-15,17,24,26-27H,1,8-9H2,2H3,(H,20,25)/t12-,13-,14-,15-,17-/m0/s1. The van der Waals surface area contributed by atoms with E-state index in [0.717, 1.165) is 5.56 Å². The molecular formula is C18H23N5O5S. The summed E-state index contributed by atoms with van der Waals surface area (Å²) < 4.78 is 9.12. The molecule has 0 aliphatic carbocycles. The number of ether oxygens (including phenoxy) is 1. The van der Waals surface area contributed by atoms with Crippen molar-refractivity contribution in [2.24, 2.45) is 0 Å². The molecule has 156 valence electrons. The van der Waals surface area contributed by atoms with Gasteiger partial charge >= 0.3 is 0 Å². The fourth-order valence-corrected chi connectivity index (χ4v) is 3.59. The molecule has 1 fully saturated rings. The first-order valence-electron chi connectivity index (χ1n) is 8.99. The van der Waals surface area contributed by atoms with Crippen LogP contribution in [0.3, 0.4) is 0 Å². The summed E-state index contributed by atoms with van der Waals surface area (Å²) in [6, 6.07) is 2.50. The van der Waals surface area contributed by atoms with Crippen LogP contribution in [0.5, 0.6) is 0 Å². The predicted octanol–water partition coefficient (Wildman–Crippen LogP) is -0.222. The minimum Gasteiger partial charge on any atom is -0.394 e. The van der Waals surface area contributed by atoms with Crippen LogP contribution in [0.25, 0.3) is 11.4 Å². The molecule has 10 nitrogen and oxygen atoms in total. The molecule has 0 unspecified atom stereocenters. The number of nitrogens with one attached hydrogen (secondary N) is 1. The van der Waals surface area contributed by atoms with Crippen LogP contribution in [0.15, 0.2) is 37.2 Å². The van der Waals surface area contributed by atoms with Crippen LogP contribution in [0.4, 0.5) is 0 Å². The lowest BCUT2D eigenvalue weighted by Gasteiger charge is -2.42. The summed E-state index contributed by atoms with van der Waals surface area (Å²) in [7, 11) is 0. The Labute approximate surface area is 172 Å². The van der Waals surface area contributed by atoms with Crippen LogP contribution in [-0.4, -0.2) is 71.5 Å². The predicted molar refractivity (Wildman–Crippen MR) is 105 cm³/mol. The summed E-state index contributed by atoms with van der Waals surface area (Å²) in [5, 5.41) is 37.4. The van der Waals surface area contributed by atoms with Gasteiger partial charge in [0.05, 0.1) is 6.61 Å². The maximum atomic E-state index is 11.7. The summed E-state index contributed by atoms with van der Waals surface area (Å²) in [6.07, 6.45) is -0.00893. The molecule has 2 aromatic rings. The van der Waals surface area contributed by atoms with Gasteiger partial charge in [-0.15, -0.1) is 11.7 Å². The molecule has 0 bridgehead atoms. The summed E-state index contributed by atoms with van der Waals surface area (Å²) in [4.78, 5) is 15.7. The molecule has 3 heterocycles. The maximum Gasteiger partial charge on any atom is 0.217 e. The number of aliphatic hydroxyl groups is 3. The van der Waals surface area contributed by atoms with Crippen LogP contribution in [0.2, 0.25) is 0 Å². The molecule has 1 amide bonds. The first-order valence-corrected chi connectivity index (χ1v) is 9.40. The van der Waals surface area contributed by atoms with Gasteiger partial charge in [0, 0.05) is 31.4 Å². The third kappa shape index (κ3) is 4.14. The molecule has 1 aliphatic heterocycles. The Morgan fingerprint density at radius 3 is 2.66 bits per heavy atom. The van der Waals surface area contributed by atoms with E-state index in [1.165, 1.54) is 11.6 Å². The molecule has 5 atom stereocenters. The number of aromatic nitrogens is 4. The van der Waals surface area contributed by atoms with Crippen molar-refractivity contribution in [2.45, 2.75) is 44.1 Å². The fraction of sp³-hybridized carbons (Fsp3) is 0.444. The van der Waals surface area contributed by atoms with Crippen LogP contribution < -0.4 is 5.32 Å². The van der Waals surface area contributed by atoms with Gasteiger partial charge in [-0.05, 0) is 24.4 Å². The van der Waals surface area contributed by atoms with Gasteiger partial charge in [-0.3, -0.25) is 14.3 Å². The van der Waals surface area contributed by atoms with Crippen molar-refractivity contribution in [1.29, 1.82) is 0 Å². The number of aliphatic hydroxyl groups excluding tert-OH is 3. The lowest BCUT2D eigenvalue weighted by molar-refractivity contribution is -0.219. The first kappa shape index (κ1) is 21.3. The van der Waals surface area contributed by atoms with Crippen LogP contribution in [0, 0.1) is 4.77 Å². The number of allylic oxidation sites excluding steroid dienone is 1. The van der Waals surface area contributed by atoms with Crippen molar-refractivity contribution < 1.29 is 24.9 Å².